The van der Waals surface area contributed by atoms with Crippen LogP contribution in [0.4, 0.5) is 0 Å². The van der Waals surface area contributed by atoms with Crippen LogP contribution in [0.5, 0.6) is 0 Å². The molecule has 0 rings (SSSR count). The van der Waals surface area contributed by atoms with Gasteiger partial charge in [0.25, 0.3) is 0 Å². The van der Waals surface area contributed by atoms with E-state index < -0.39 is 0 Å². The largest absolute Gasteiger partial charge is 0.327 e. The number of nitrogens with one attached hydrogen (secondary N) is 1. The van der Waals surface area contributed by atoms with Gasteiger partial charge in [0.2, 0.25) is 0 Å². The van der Waals surface area contributed by atoms with Crippen molar-refractivity contribution in [1.29, 1.82) is 0 Å². The van der Waals surface area contributed by atoms with Gasteiger partial charge in [-0.3, -0.25) is 0 Å². The molecule has 98 valence electrons. The average molecular weight is 229 g/mol. The van der Waals surface area contributed by atoms with Crippen LogP contribution in [0.15, 0.2) is 0 Å². The van der Waals surface area contributed by atoms with Crippen LogP contribution >= 0.6 is 0 Å². The fraction of sp³-hybridized carbons (Fsp3) is 1.00. The molecule has 0 aliphatic carbocycles. The van der Waals surface area contributed by atoms with Crippen molar-refractivity contribution in [2.75, 3.05) is 32.7 Å². The van der Waals surface area contributed by atoms with E-state index >= 15 is 0 Å². The monoisotopic (exact) mass is 229 g/mol. The second-order valence-corrected chi connectivity index (χ2v) is 4.97. The maximum atomic E-state index is 6.00. The fourth-order valence-electron chi connectivity index (χ4n) is 1.94. The topological polar surface area (TPSA) is 41.3 Å². The second-order valence-electron chi connectivity index (χ2n) is 4.97. The summed E-state index contributed by atoms with van der Waals surface area (Å²) < 4.78 is 0. The molecule has 0 aromatic heterocycles. The molecule has 0 bridgehead atoms. The van der Waals surface area contributed by atoms with Gasteiger partial charge in [-0.05, 0) is 44.9 Å². The molecule has 0 aliphatic rings. The van der Waals surface area contributed by atoms with E-state index in [1.807, 2.05) is 0 Å². The molecule has 3 heteroatoms. The van der Waals surface area contributed by atoms with Crippen molar-refractivity contribution in [3.63, 3.8) is 0 Å². The van der Waals surface area contributed by atoms with E-state index in [4.69, 9.17) is 5.73 Å². The highest BCUT2D eigenvalue weighted by Crippen LogP contribution is 2.01. The standard InChI is InChI=1S/C13H31N3/c1-5-16(6-2)9-7-8-15-11-13(14)10-12(3)4/h12-13,15H,5-11,14H2,1-4H3. The maximum Gasteiger partial charge on any atom is 0.0167 e. The van der Waals surface area contributed by atoms with Crippen molar-refractivity contribution in [1.82, 2.24) is 10.2 Å². The minimum atomic E-state index is 0.313. The van der Waals surface area contributed by atoms with Crippen molar-refractivity contribution in [2.24, 2.45) is 11.7 Å². The minimum Gasteiger partial charge on any atom is -0.327 e. The van der Waals surface area contributed by atoms with Gasteiger partial charge in [0.15, 0.2) is 0 Å². The van der Waals surface area contributed by atoms with Crippen LogP contribution in [-0.2, 0) is 0 Å². The molecule has 0 saturated carbocycles. The molecule has 0 aliphatic heterocycles. The summed E-state index contributed by atoms with van der Waals surface area (Å²) in [6.45, 7) is 14.4. The average Bonchev–Trinajstić information content (AvgIpc) is 2.22. The highest BCUT2D eigenvalue weighted by Gasteiger charge is 2.04. The first kappa shape index (κ1) is 15.9. The van der Waals surface area contributed by atoms with Gasteiger partial charge in [-0.1, -0.05) is 27.7 Å². The Morgan fingerprint density at radius 2 is 1.81 bits per heavy atom. The first-order valence-corrected chi connectivity index (χ1v) is 6.78. The van der Waals surface area contributed by atoms with Crippen LogP contribution in [0.25, 0.3) is 0 Å². The SMILES string of the molecule is CCN(CC)CCCNCC(N)CC(C)C. The van der Waals surface area contributed by atoms with Gasteiger partial charge in [0, 0.05) is 12.6 Å². The fourth-order valence-corrected chi connectivity index (χ4v) is 1.94. The summed E-state index contributed by atoms with van der Waals surface area (Å²) in [7, 11) is 0. The highest BCUT2D eigenvalue weighted by molar-refractivity contribution is 4.66. The molecule has 16 heavy (non-hydrogen) atoms. The highest BCUT2D eigenvalue weighted by atomic mass is 15.1. The van der Waals surface area contributed by atoms with E-state index in [0.29, 0.717) is 12.0 Å². The zero-order chi connectivity index (χ0) is 12.4. The zero-order valence-corrected chi connectivity index (χ0v) is 11.6. The molecule has 0 fully saturated rings. The Hall–Kier alpha value is -0.120. The summed E-state index contributed by atoms with van der Waals surface area (Å²) in [6.07, 6.45) is 2.33. The van der Waals surface area contributed by atoms with Gasteiger partial charge in [0.05, 0.1) is 0 Å². The second kappa shape index (κ2) is 10.1. The van der Waals surface area contributed by atoms with Gasteiger partial charge in [-0.2, -0.15) is 0 Å². The minimum absolute atomic E-state index is 0.313. The molecule has 0 spiro atoms. The number of hydrogen-bond donors (Lipinski definition) is 2. The summed E-state index contributed by atoms with van der Waals surface area (Å²) in [5.41, 5.74) is 6.00. The maximum absolute atomic E-state index is 6.00. The number of nitrogens with zero attached hydrogens (tertiary/aromatic N) is 1. The Kier molecular flexibility index (Phi) is 9.99. The van der Waals surface area contributed by atoms with Crippen molar-refractivity contribution in [3.05, 3.63) is 0 Å². The van der Waals surface area contributed by atoms with E-state index in [1.165, 1.54) is 13.0 Å². The van der Waals surface area contributed by atoms with Gasteiger partial charge >= 0.3 is 0 Å². The predicted molar refractivity (Wildman–Crippen MR) is 72.7 cm³/mol. The van der Waals surface area contributed by atoms with Crippen molar-refractivity contribution < 1.29 is 0 Å². The summed E-state index contributed by atoms with van der Waals surface area (Å²) in [6, 6.07) is 0.313. The Balaban J connectivity index is 3.32. The molecule has 3 nitrogen and oxygen atoms in total. The Labute approximate surface area is 102 Å². The van der Waals surface area contributed by atoms with Gasteiger partial charge < -0.3 is 16.0 Å². The summed E-state index contributed by atoms with van der Waals surface area (Å²) in [5.74, 6) is 0.701. The van der Waals surface area contributed by atoms with E-state index in [0.717, 1.165) is 32.6 Å². The third-order valence-electron chi connectivity index (χ3n) is 2.90. The van der Waals surface area contributed by atoms with Crippen LogP contribution in [0.3, 0.4) is 0 Å². The summed E-state index contributed by atoms with van der Waals surface area (Å²) >= 11 is 0. The molecular weight excluding hydrogens is 198 g/mol. The van der Waals surface area contributed by atoms with E-state index in [-0.39, 0.29) is 0 Å². The molecule has 3 N–H and O–H groups in total. The van der Waals surface area contributed by atoms with Crippen LogP contribution < -0.4 is 11.1 Å². The van der Waals surface area contributed by atoms with Crippen LogP contribution in [-0.4, -0.2) is 43.7 Å². The number of nitrogens with two attached hydrogens (primary N) is 1. The van der Waals surface area contributed by atoms with Gasteiger partial charge in [0.1, 0.15) is 0 Å². The van der Waals surface area contributed by atoms with Crippen molar-refractivity contribution in [3.8, 4) is 0 Å². The summed E-state index contributed by atoms with van der Waals surface area (Å²) in [4.78, 5) is 2.45. The molecule has 0 heterocycles. The third kappa shape index (κ3) is 9.13. The van der Waals surface area contributed by atoms with Crippen LogP contribution in [0.2, 0.25) is 0 Å². The quantitative estimate of drug-likeness (QED) is 0.560. The third-order valence-corrected chi connectivity index (χ3v) is 2.90. The van der Waals surface area contributed by atoms with Crippen molar-refractivity contribution in [2.45, 2.75) is 46.6 Å². The normalized spacial score (nSPS) is 13.7. The van der Waals surface area contributed by atoms with Crippen LogP contribution in [0.1, 0.15) is 40.5 Å². The lowest BCUT2D eigenvalue weighted by atomic mass is 10.0. The molecule has 1 atom stereocenters. The smallest absolute Gasteiger partial charge is 0.0167 e. The van der Waals surface area contributed by atoms with Gasteiger partial charge in [-0.25, -0.2) is 0 Å². The molecule has 0 aromatic carbocycles. The Bertz CT molecular complexity index is 144. The van der Waals surface area contributed by atoms with E-state index in [1.54, 1.807) is 0 Å². The van der Waals surface area contributed by atoms with Crippen molar-refractivity contribution >= 4 is 0 Å². The number of rotatable bonds is 10. The lowest BCUT2D eigenvalue weighted by Crippen LogP contribution is -2.36. The van der Waals surface area contributed by atoms with E-state index in [2.05, 4.69) is 37.9 Å². The molecule has 0 radical (unpaired) electrons. The Morgan fingerprint density at radius 1 is 1.19 bits per heavy atom. The molecule has 0 amide bonds. The predicted octanol–water partition coefficient (Wildman–Crippen LogP) is 1.68. The zero-order valence-electron chi connectivity index (χ0n) is 11.6. The lowest BCUT2D eigenvalue weighted by Gasteiger charge is -2.18. The van der Waals surface area contributed by atoms with E-state index in [9.17, 15) is 0 Å². The first-order chi connectivity index (χ1) is 7.60. The lowest BCUT2D eigenvalue weighted by molar-refractivity contribution is 0.297. The summed E-state index contributed by atoms with van der Waals surface area (Å²) in [5, 5.41) is 3.44. The van der Waals surface area contributed by atoms with Gasteiger partial charge in [-0.15, -0.1) is 0 Å². The molecule has 0 aromatic rings. The first-order valence-electron chi connectivity index (χ1n) is 6.78. The number of hydrogen-bond acceptors (Lipinski definition) is 3. The molecule has 1 unspecified atom stereocenters. The molecule has 0 saturated heterocycles. The molecular formula is C13H31N3. The van der Waals surface area contributed by atoms with Crippen LogP contribution in [0, 0.1) is 5.92 Å². The Morgan fingerprint density at radius 3 is 2.31 bits per heavy atom.